The third-order valence-corrected chi connectivity index (χ3v) is 6.86. The van der Waals surface area contributed by atoms with E-state index in [0.717, 1.165) is 51.0 Å². The summed E-state index contributed by atoms with van der Waals surface area (Å²) < 4.78 is 5.43. The maximum Gasteiger partial charge on any atom is 0.290 e. The lowest BCUT2D eigenvalue weighted by Crippen LogP contribution is -2.36. The van der Waals surface area contributed by atoms with E-state index in [1.165, 1.54) is 31.2 Å². The van der Waals surface area contributed by atoms with Crippen molar-refractivity contribution in [2.24, 2.45) is 0 Å². The maximum atomic E-state index is 12.5. The van der Waals surface area contributed by atoms with Gasteiger partial charge in [0.1, 0.15) is 0 Å². The van der Waals surface area contributed by atoms with E-state index < -0.39 is 0 Å². The summed E-state index contributed by atoms with van der Waals surface area (Å²) in [5, 5.41) is 7.39. The van der Waals surface area contributed by atoms with E-state index in [0.29, 0.717) is 17.6 Å². The van der Waals surface area contributed by atoms with Crippen molar-refractivity contribution in [2.45, 2.75) is 76.2 Å². The largest absolute Gasteiger partial charge is 0.351 e. The van der Waals surface area contributed by atoms with Crippen molar-refractivity contribution in [2.75, 3.05) is 19.6 Å². The topological polar surface area (TPSA) is 58.4 Å². The Morgan fingerprint density at radius 3 is 2.77 bits per heavy atom. The van der Waals surface area contributed by atoms with E-state index in [2.05, 4.69) is 52.6 Å². The van der Waals surface area contributed by atoms with E-state index in [4.69, 9.17) is 4.52 Å². The molecule has 2 aliphatic rings. The fourth-order valence-corrected chi connectivity index (χ4v) is 4.92. The molecule has 1 amide bonds. The summed E-state index contributed by atoms with van der Waals surface area (Å²) in [5.41, 5.74) is 2.35. The van der Waals surface area contributed by atoms with Crippen molar-refractivity contribution in [1.29, 1.82) is 0 Å². The number of likely N-dealkylation sites (tertiary alicyclic amines) is 1. The van der Waals surface area contributed by atoms with Crippen LogP contribution < -0.4 is 5.32 Å². The molecular formula is C25H35N3O2. The number of aromatic nitrogens is 1. The molecule has 30 heavy (non-hydrogen) atoms. The number of amides is 1. The van der Waals surface area contributed by atoms with Gasteiger partial charge in [0.15, 0.2) is 0 Å². The van der Waals surface area contributed by atoms with Crippen molar-refractivity contribution >= 4 is 5.91 Å². The first-order valence-electron chi connectivity index (χ1n) is 11.7. The number of hydrogen-bond donors (Lipinski definition) is 1. The third kappa shape index (κ3) is 5.51. The highest BCUT2D eigenvalue weighted by atomic mass is 16.5. The Bertz CT molecular complexity index is 798. The van der Waals surface area contributed by atoms with Crippen molar-refractivity contribution < 1.29 is 9.32 Å². The zero-order valence-corrected chi connectivity index (χ0v) is 18.2. The number of rotatable bonds is 7. The van der Waals surface area contributed by atoms with Crippen LogP contribution in [0.4, 0.5) is 0 Å². The highest BCUT2D eigenvalue weighted by Gasteiger charge is 2.26. The van der Waals surface area contributed by atoms with Gasteiger partial charge in [-0.15, -0.1) is 0 Å². The van der Waals surface area contributed by atoms with Crippen LogP contribution >= 0.6 is 0 Å². The van der Waals surface area contributed by atoms with Crippen LogP contribution in [-0.4, -0.2) is 41.6 Å². The minimum absolute atomic E-state index is 0.106. The number of hydrogen-bond acceptors (Lipinski definition) is 4. The molecule has 2 heterocycles. The molecule has 0 bridgehead atoms. The monoisotopic (exact) mass is 409 g/mol. The Morgan fingerprint density at radius 1 is 1.17 bits per heavy atom. The van der Waals surface area contributed by atoms with Crippen molar-refractivity contribution in [3.63, 3.8) is 0 Å². The second-order valence-corrected chi connectivity index (χ2v) is 9.16. The zero-order chi connectivity index (χ0) is 20.8. The first kappa shape index (κ1) is 21.1. The molecule has 0 spiro atoms. The molecule has 4 rings (SSSR count). The summed E-state index contributed by atoms with van der Waals surface area (Å²) >= 11 is 0. The average Bonchev–Trinajstić information content (AvgIpc) is 3.30. The van der Waals surface area contributed by atoms with Gasteiger partial charge in [0, 0.05) is 24.6 Å². The molecule has 1 aliphatic heterocycles. The molecule has 1 saturated heterocycles. The predicted molar refractivity (Wildman–Crippen MR) is 119 cm³/mol. The van der Waals surface area contributed by atoms with Gasteiger partial charge >= 0.3 is 0 Å². The number of nitrogens with one attached hydrogen (secondary N) is 1. The molecule has 1 saturated carbocycles. The minimum atomic E-state index is -0.106. The molecule has 1 aliphatic carbocycles. The average molecular weight is 410 g/mol. The second-order valence-electron chi connectivity index (χ2n) is 9.16. The SMILES string of the molecule is C[C@H](CCN1CCC[C@@H](c2cc(C(=O)NC3CCCCC3)on2)C1)c1ccccc1. The maximum absolute atomic E-state index is 12.5. The van der Waals surface area contributed by atoms with E-state index in [1.54, 1.807) is 0 Å². The first-order valence-corrected chi connectivity index (χ1v) is 11.7. The number of carbonyl (C=O) groups is 1. The molecule has 2 fully saturated rings. The minimum Gasteiger partial charge on any atom is -0.351 e. The van der Waals surface area contributed by atoms with Gasteiger partial charge < -0.3 is 14.7 Å². The number of carbonyl (C=O) groups excluding carboxylic acids is 1. The smallest absolute Gasteiger partial charge is 0.290 e. The highest BCUT2D eigenvalue weighted by Crippen LogP contribution is 2.28. The first-order chi connectivity index (χ1) is 14.7. The third-order valence-electron chi connectivity index (χ3n) is 6.86. The molecule has 0 radical (unpaired) electrons. The fraction of sp³-hybridized carbons (Fsp3) is 0.600. The summed E-state index contributed by atoms with van der Waals surface area (Å²) in [6, 6.07) is 12.9. The lowest BCUT2D eigenvalue weighted by molar-refractivity contribution is 0.0890. The van der Waals surface area contributed by atoms with Crippen molar-refractivity contribution in [3.8, 4) is 0 Å². The Hall–Kier alpha value is -2.14. The fourth-order valence-electron chi connectivity index (χ4n) is 4.92. The summed E-state index contributed by atoms with van der Waals surface area (Å²) in [7, 11) is 0. The van der Waals surface area contributed by atoms with Crippen LogP contribution in [0.3, 0.4) is 0 Å². The Kier molecular flexibility index (Phi) is 7.21. The van der Waals surface area contributed by atoms with Gasteiger partial charge in [-0.05, 0) is 56.7 Å². The van der Waals surface area contributed by atoms with Gasteiger partial charge in [-0.2, -0.15) is 0 Å². The summed E-state index contributed by atoms with van der Waals surface area (Å²) in [5.74, 6) is 1.18. The Balaban J connectivity index is 1.28. The summed E-state index contributed by atoms with van der Waals surface area (Å²) in [4.78, 5) is 15.1. The van der Waals surface area contributed by atoms with Gasteiger partial charge in [-0.1, -0.05) is 61.7 Å². The second kappa shape index (κ2) is 10.3. The van der Waals surface area contributed by atoms with Gasteiger partial charge in [-0.25, -0.2) is 0 Å². The van der Waals surface area contributed by atoms with E-state index in [-0.39, 0.29) is 11.9 Å². The predicted octanol–water partition coefficient (Wildman–Crippen LogP) is 5.11. The van der Waals surface area contributed by atoms with Crippen LogP contribution in [0.1, 0.15) is 91.9 Å². The lowest BCUT2D eigenvalue weighted by atomic mass is 9.93. The molecule has 1 N–H and O–H groups in total. The van der Waals surface area contributed by atoms with Crippen LogP contribution in [-0.2, 0) is 0 Å². The zero-order valence-electron chi connectivity index (χ0n) is 18.2. The van der Waals surface area contributed by atoms with Crippen LogP contribution in [0, 0.1) is 0 Å². The standard InChI is InChI=1S/C25H35N3O2/c1-19(20-9-4-2-5-10-20)14-16-28-15-8-11-21(18-28)23-17-24(30-27-23)25(29)26-22-12-6-3-7-13-22/h2,4-5,9-10,17,19,21-22H,3,6-8,11-16,18H2,1H3,(H,26,29)/t19-,21-/m1/s1. The van der Waals surface area contributed by atoms with E-state index in [1.807, 2.05) is 6.07 Å². The Morgan fingerprint density at radius 2 is 1.97 bits per heavy atom. The lowest BCUT2D eigenvalue weighted by Gasteiger charge is -2.32. The molecule has 5 heteroatoms. The van der Waals surface area contributed by atoms with Crippen molar-refractivity contribution in [3.05, 3.63) is 53.4 Å². The number of piperidine rings is 1. The molecule has 5 nitrogen and oxygen atoms in total. The van der Waals surface area contributed by atoms with Gasteiger partial charge in [-0.3, -0.25) is 4.79 Å². The Labute approximate surface area is 180 Å². The van der Waals surface area contributed by atoms with E-state index >= 15 is 0 Å². The number of benzene rings is 1. The molecule has 2 atom stereocenters. The van der Waals surface area contributed by atoms with Crippen LogP contribution in [0.2, 0.25) is 0 Å². The normalized spacial score (nSPS) is 22.0. The van der Waals surface area contributed by atoms with Crippen LogP contribution in [0.15, 0.2) is 40.9 Å². The van der Waals surface area contributed by atoms with E-state index in [9.17, 15) is 4.79 Å². The molecule has 1 aromatic heterocycles. The van der Waals surface area contributed by atoms with Crippen molar-refractivity contribution in [1.82, 2.24) is 15.4 Å². The highest BCUT2D eigenvalue weighted by molar-refractivity contribution is 5.91. The number of nitrogens with zero attached hydrogens (tertiary/aromatic N) is 2. The summed E-state index contributed by atoms with van der Waals surface area (Å²) in [6.07, 6.45) is 9.27. The van der Waals surface area contributed by atoms with Crippen LogP contribution in [0.5, 0.6) is 0 Å². The molecule has 162 valence electrons. The molecule has 0 unspecified atom stereocenters. The summed E-state index contributed by atoms with van der Waals surface area (Å²) in [6.45, 7) is 5.55. The molecular weight excluding hydrogens is 374 g/mol. The van der Waals surface area contributed by atoms with Gasteiger partial charge in [0.2, 0.25) is 5.76 Å². The molecule has 1 aromatic carbocycles. The van der Waals surface area contributed by atoms with Gasteiger partial charge in [0.25, 0.3) is 5.91 Å². The van der Waals surface area contributed by atoms with Crippen LogP contribution in [0.25, 0.3) is 0 Å². The van der Waals surface area contributed by atoms with Gasteiger partial charge in [0.05, 0.1) is 5.69 Å². The quantitative estimate of drug-likeness (QED) is 0.690. The molecule has 2 aromatic rings.